The first kappa shape index (κ1) is 23.1. The van der Waals surface area contributed by atoms with Gasteiger partial charge in [0.25, 0.3) is 5.56 Å². The van der Waals surface area contributed by atoms with Gasteiger partial charge in [0, 0.05) is 17.6 Å². The fourth-order valence-electron chi connectivity index (χ4n) is 3.53. The number of ketones is 1. The van der Waals surface area contributed by atoms with Crippen molar-refractivity contribution in [2.24, 2.45) is 7.05 Å². The lowest BCUT2D eigenvalue weighted by molar-refractivity contribution is -0.138. The molecule has 0 amide bonds. The Labute approximate surface area is 198 Å². The third-order valence-electron chi connectivity index (χ3n) is 5.33. The van der Waals surface area contributed by atoms with Gasteiger partial charge in [0.05, 0.1) is 12.1 Å². The van der Waals surface area contributed by atoms with E-state index in [0.717, 1.165) is 14.7 Å². The summed E-state index contributed by atoms with van der Waals surface area (Å²) >= 11 is 5.98. The maximum absolute atomic E-state index is 12.8. The fourth-order valence-corrected chi connectivity index (χ4v) is 3.71. The van der Waals surface area contributed by atoms with Crippen LogP contribution in [-0.2, 0) is 23.1 Å². The minimum Gasteiger partial charge on any atom is -0.488 e. The summed E-state index contributed by atoms with van der Waals surface area (Å²) in [6.45, 7) is -0.721. The molecule has 4 rings (SSSR count). The van der Waals surface area contributed by atoms with Gasteiger partial charge >= 0.3 is 11.7 Å². The average molecular weight is 482 g/mol. The standard InChI is InChI=1S/C24H20ClN3O6/c1-27-22(30)20(21(26)28(24(27)32)11-14-5-3-2-4-6-14)18(29)13-34-23(31)16-9-15-10-17(25)7-8-19(15)33-12-16/h2-10H,11-13,26H2,1H3. The first-order valence-corrected chi connectivity index (χ1v) is 10.6. The highest BCUT2D eigenvalue weighted by Gasteiger charge is 2.24. The molecule has 0 bridgehead atoms. The van der Waals surface area contributed by atoms with Gasteiger partial charge in [-0.2, -0.15) is 0 Å². The molecule has 3 aromatic rings. The Morgan fingerprint density at radius 3 is 2.62 bits per heavy atom. The van der Waals surface area contributed by atoms with Crippen molar-refractivity contribution in [3.63, 3.8) is 0 Å². The lowest BCUT2D eigenvalue weighted by Crippen LogP contribution is -2.43. The number of anilines is 1. The highest BCUT2D eigenvalue weighted by Crippen LogP contribution is 2.29. The topological polar surface area (TPSA) is 123 Å². The number of nitrogens with two attached hydrogens (primary N) is 1. The summed E-state index contributed by atoms with van der Waals surface area (Å²) in [5, 5.41) is 0.473. The smallest absolute Gasteiger partial charge is 0.337 e. The van der Waals surface area contributed by atoms with E-state index in [1.165, 1.54) is 7.05 Å². The molecule has 0 atom stereocenters. The lowest BCUT2D eigenvalue weighted by Gasteiger charge is -2.17. The molecule has 2 aromatic carbocycles. The molecule has 9 nitrogen and oxygen atoms in total. The summed E-state index contributed by atoms with van der Waals surface area (Å²) in [6, 6.07) is 14.0. The maximum Gasteiger partial charge on any atom is 0.337 e. The third-order valence-corrected chi connectivity index (χ3v) is 5.56. The van der Waals surface area contributed by atoms with Crippen LogP contribution < -0.4 is 21.7 Å². The molecule has 0 fully saturated rings. The number of fused-ring (bicyclic) bond motifs is 1. The summed E-state index contributed by atoms with van der Waals surface area (Å²) in [7, 11) is 1.25. The quantitative estimate of drug-likeness (QED) is 0.422. The molecule has 1 aliphatic rings. The monoisotopic (exact) mass is 481 g/mol. The zero-order valence-electron chi connectivity index (χ0n) is 18.1. The number of esters is 1. The van der Waals surface area contributed by atoms with Crippen molar-refractivity contribution in [3.8, 4) is 5.75 Å². The highest BCUT2D eigenvalue weighted by molar-refractivity contribution is 6.30. The Kier molecular flexibility index (Phi) is 6.38. The first-order chi connectivity index (χ1) is 16.3. The van der Waals surface area contributed by atoms with Crippen LogP contribution in [-0.4, -0.2) is 34.1 Å². The fraction of sp³-hybridized carbons (Fsp3) is 0.167. The van der Waals surface area contributed by atoms with E-state index in [-0.39, 0.29) is 24.5 Å². The molecule has 0 radical (unpaired) electrons. The molecular weight excluding hydrogens is 462 g/mol. The number of hydrogen-bond acceptors (Lipinski definition) is 7. The normalized spacial score (nSPS) is 12.4. The second kappa shape index (κ2) is 9.40. The Morgan fingerprint density at radius 2 is 1.88 bits per heavy atom. The number of benzene rings is 2. The van der Waals surface area contributed by atoms with Crippen LogP contribution in [0.1, 0.15) is 21.5 Å². The van der Waals surface area contributed by atoms with E-state index >= 15 is 0 Å². The van der Waals surface area contributed by atoms with E-state index in [1.807, 2.05) is 6.07 Å². The summed E-state index contributed by atoms with van der Waals surface area (Å²) < 4.78 is 12.6. The molecule has 0 saturated heterocycles. The molecule has 174 valence electrons. The predicted molar refractivity (Wildman–Crippen MR) is 126 cm³/mol. The molecule has 10 heteroatoms. The molecule has 2 heterocycles. The van der Waals surface area contributed by atoms with Gasteiger partial charge in [-0.1, -0.05) is 41.9 Å². The van der Waals surface area contributed by atoms with Crippen molar-refractivity contribution in [1.29, 1.82) is 0 Å². The lowest BCUT2D eigenvalue weighted by atomic mass is 10.1. The van der Waals surface area contributed by atoms with E-state index in [0.29, 0.717) is 16.3 Å². The molecule has 0 aliphatic carbocycles. The summed E-state index contributed by atoms with van der Waals surface area (Å²) in [6.07, 6.45) is 1.56. The zero-order chi connectivity index (χ0) is 24.4. The summed E-state index contributed by atoms with van der Waals surface area (Å²) in [5.41, 5.74) is 5.65. The van der Waals surface area contributed by atoms with E-state index < -0.39 is 35.2 Å². The van der Waals surface area contributed by atoms with Crippen molar-refractivity contribution in [2.75, 3.05) is 18.9 Å². The number of nitrogens with zero attached hydrogens (tertiary/aromatic N) is 2. The van der Waals surface area contributed by atoms with E-state index in [4.69, 9.17) is 26.8 Å². The van der Waals surface area contributed by atoms with Gasteiger partial charge in [-0.25, -0.2) is 9.59 Å². The van der Waals surface area contributed by atoms with E-state index in [9.17, 15) is 19.2 Å². The van der Waals surface area contributed by atoms with Crippen molar-refractivity contribution in [3.05, 3.63) is 96.7 Å². The Bertz CT molecular complexity index is 1440. The summed E-state index contributed by atoms with van der Waals surface area (Å²) in [4.78, 5) is 50.6. The minimum absolute atomic E-state index is 0.0481. The van der Waals surface area contributed by atoms with Gasteiger partial charge in [0.15, 0.2) is 6.61 Å². The number of aromatic nitrogens is 2. The Balaban J connectivity index is 1.56. The van der Waals surface area contributed by atoms with Crippen molar-refractivity contribution < 1.29 is 19.1 Å². The predicted octanol–water partition coefficient (Wildman–Crippen LogP) is 2.03. The minimum atomic E-state index is -0.864. The van der Waals surface area contributed by atoms with Crippen LogP contribution in [0, 0.1) is 0 Å². The number of Topliss-reactive ketones (excluding diaryl/α,β-unsaturated/α-hetero) is 1. The highest BCUT2D eigenvalue weighted by atomic mass is 35.5. The number of halogens is 1. The van der Waals surface area contributed by atoms with Gasteiger partial charge in [0.2, 0.25) is 5.78 Å². The van der Waals surface area contributed by atoms with Crippen LogP contribution in [0.15, 0.2) is 63.7 Å². The Morgan fingerprint density at radius 1 is 1.15 bits per heavy atom. The van der Waals surface area contributed by atoms with Gasteiger partial charge < -0.3 is 15.2 Å². The van der Waals surface area contributed by atoms with Crippen LogP contribution in [0.4, 0.5) is 5.82 Å². The second-order valence-corrected chi connectivity index (χ2v) is 8.05. The molecule has 34 heavy (non-hydrogen) atoms. The molecular formula is C24H20ClN3O6. The van der Waals surface area contributed by atoms with Crippen molar-refractivity contribution in [2.45, 2.75) is 6.54 Å². The molecule has 1 aliphatic heterocycles. The van der Waals surface area contributed by atoms with Gasteiger partial charge in [-0.3, -0.25) is 18.7 Å². The molecule has 0 saturated carbocycles. The van der Waals surface area contributed by atoms with Crippen LogP contribution in [0.5, 0.6) is 5.75 Å². The Hall–Kier alpha value is -4.11. The zero-order valence-corrected chi connectivity index (χ0v) is 18.9. The van der Waals surface area contributed by atoms with Crippen LogP contribution in [0.25, 0.3) is 6.08 Å². The van der Waals surface area contributed by atoms with Crippen molar-refractivity contribution >= 4 is 35.2 Å². The van der Waals surface area contributed by atoms with Gasteiger partial charge in [-0.15, -0.1) is 0 Å². The van der Waals surface area contributed by atoms with Crippen LogP contribution in [0.2, 0.25) is 5.02 Å². The van der Waals surface area contributed by atoms with Gasteiger partial charge in [0.1, 0.15) is 23.7 Å². The third kappa shape index (κ3) is 4.51. The maximum atomic E-state index is 12.8. The molecule has 1 aromatic heterocycles. The molecule has 2 N–H and O–H groups in total. The van der Waals surface area contributed by atoms with Crippen LogP contribution >= 0.6 is 11.6 Å². The first-order valence-electron chi connectivity index (χ1n) is 10.2. The second-order valence-electron chi connectivity index (χ2n) is 7.62. The van der Waals surface area contributed by atoms with E-state index in [1.54, 1.807) is 48.5 Å². The number of rotatable bonds is 6. The summed E-state index contributed by atoms with van der Waals surface area (Å²) in [5.74, 6) is -1.34. The number of carbonyl (C=O) groups excluding carboxylic acids is 2. The van der Waals surface area contributed by atoms with Gasteiger partial charge in [-0.05, 0) is 29.8 Å². The number of carbonyl (C=O) groups is 2. The SMILES string of the molecule is Cn1c(=O)c(C(=O)COC(=O)C2=Cc3cc(Cl)ccc3OC2)c(N)n(Cc2ccccc2)c1=O. The molecule has 0 spiro atoms. The number of ether oxygens (including phenoxy) is 2. The van der Waals surface area contributed by atoms with E-state index in [2.05, 4.69) is 0 Å². The average Bonchev–Trinajstić information content (AvgIpc) is 2.84. The number of hydrogen-bond donors (Lipinski definition) is 1. The molecule has 0 unspecified atom stereocenters. The van der Waals surface area contributed by atoms with Crippen molar-refractivity contribution in [1.82, 2.24) is 9.13 Å². The van der Waals surface area contributed by atoms with Crippen LogP contribution in [0.3, 0.4) is 0 Å². The largest absolute Gasteiger partial charge is 0.488 e. The number of nitrogen functional groups attached to an aromatic ring is 1.